The number of likely N-dealkylation sites (tertiary alicyclic amines) is 1. The van der Waals surface area contributed by atoms with Crippen molar-refractivity contribution in [3.63, 3.8) is 0 Å². The largest absolute Gasteiger partial charge is 0.381 e. The Balaban J connectivity index is 1.47. The number of carbonyl (C=O) groups excluding carboxylic acids is 1. The lowest BCUT2D eigenvalue weighted by molar-refractivity contribution is -0.136. The molecule has 6 heteroatoms. The summed E-state index contributed by atoms with van der Waals surface area (Å²) in [5.74, 6) is 1.35. The average Bonchev–Trinajstić information content (AvgIpc) is 3.04. The zero-order valence-electron chi connectivity index (χ0n) is 11.9. The van der Waals surface area contributed by atoms with Crippen molar-refractivity contribution in [1.29, 1.82) is 0 Å². The molecule has 1 saturated carbocycles. The number of rotatable bonds is 5. The predicted octanol–water partition coefficient (Wildman–Crippen LogP) is 0.942. The number of hydrogen-bond acceptors (Lipinski definition) is 4. The molecule has 1 aromatic heterocycles. The summed E-state index contributed by atoms with van der Waals surface area (Å²) < 4.78 is 7.35. The fourth-order valence-electron chi connectivity index (χ4n) is 3.66. The molecule has 1 aliphatic heterocycles. The van der Waals surface area contributed by atoms with Crippen molar-refractivity contribution < 1.29 is 9.53 Å². The molecule has 1 saturated heterocycles. The van der Waals surface area contributed by atoms with Gasteiger partial charge >= 0.3 is 0 Å². The van der Waals surface area contributed by atoms with Crippen molar-refractivity contribution in [2.24, 2.45) is 11.8 Å². The van der Waals surface area contributed by atoms with Crippen LogP contribution in [0, 0.1) is 11.8 Å². The molecule has 1 aromatic rings. The van der Waals surface area contributed by atoms with Crippen LogP contribution in [0.1, 0.15) is 25.7 Å². The van der Waals surface area contributed by atoms with Gasteiger partial charge in [-0.05, 0) is 19.3 Å². The Morgan fingerprint density at radius 3 is 2.70 bits per heavy atom. The highest BCUT2D eigenvalue weighted by Gasteiger charge is 2.43. The summed E-state index contributed by atoms with van der Waals surface area (Å²) in [6.45, 7) is 2.50. The molecule has 110 valence electrons. The highest BCUT2D eigenvalue weighted by molar-refractivity contribution is 5.76. The maximum Gasteiger partial charge on any atom is 0.222 e. The quantitative estimate of drug-likeness (QED) is 0.804. The number of hydrogen-bond donors (Lipinski definition) is 0. The van der Waals surface area contributed by atoms with Crippen LogP contribution in [0.2, 0.25) is 0 Å². The van der Waals surface area contributed by atoms with Gasteiger partial charge in [0, 0.05) is 45.0 Å². The molecule has 3 rings (SSSR count). The fourth-order valence-corrected chi connectivity index (χ4v) is 3.66. The Labute approximate surface area is 119 Å². The molecule has 1 amide bonds. The number of piperidine rings is 1. The van der Waals surface area contributed by atoms with Crippen LogP contribution in [-0.4, -0.2) is 51.9 Å². The third-order valence-corrected chi connectivity index (χ3v) is 4.62. The predicted molar refractivity (Wildman–Crippen MR) is 72.8 cm³/mol. The number of aryl methyl sites for hydroxylation is 1. The number of ether oxygens (including phenoxy) is 1. The van der Waals surface area contributed by atoms with Crippen molar-refractivity contribution >= 4 is 5.91 Å². The SMILES string of the molecule is COC1[C@@H]2CC[C@H]1CN(C(=O)CCCn1cncn1)C2. The fraction of sp³-hybridized carbons (Fsp3) is 0.786. The van der Waals surface area contributed by atoms with Crippen LogP contribution in [0.5, 0.6) is 0 Å². The summed E-state index contributed by atoms with van der Waals surface area (Å²) >= 11 is 0. The maximum atomic E-state index is 12.3. The second-order valence-electron chi connectivity index (χ2n) is 5.86. The second kappa shape index (κ2) is 5.91. The minimum Gasteiger partial charge on any atom is -0.381 e. The topological polar surface area (TPSA) is 60.2 Å². The van der Waals surface area contributed by atoms with Crippen LogP contribution < -0.4 is 0 Å². The van der Waals surface area contributed by atoms with Gasteiger partial charge in [-0.1, -0.05) is 0 Å². The Bertz CT molecular complexity index is 434. The molecular weight excluding hydrogens is 256 g/mol. The van der Waals surface area contributed by atoms with E-state index >= 15 is 0 Å². The number of fused-ring (bicyclic) bond motifs is 2. The minimum absolute atomic E-state index is 0.275. The Morgan fingerprint density at radius 1 is 1.35 bits per heavy atom. The van der Waals surface area contributed by atoms with Gasteiger partial charge in [-0.25, -0.2) is 4.98 Å². The molecule has 2 heterocycles. The van der Waals surface area contributed by atoms with Crippen LogP contribution >= 0.6 is 0 Å². The van der Waals surface area contributed by atoms with Crippen molar-refractivity contribution in [3.05, 3.63) is 12.7 Å². The Hall–Kier alpha value is -1.43. The highest BCUT2D eigenvalue weighted by Crippen LogP contribution is 2.38. The molecule has 2 fully saturated rings. The van der Waals surface area contributed by atoms with E-state index in [2.05, 4.69) is 10.1 Å². The lowest BCUT2D eigenvalue weighted by Crippen LogP contribution is -2.48. The van der Waals surface area contributed by atoms with E-state index in [0.717, 1.165) is 26.1 Å². The van der Waals surface area contributed by atoms with E-state index in [9.17, 15) is 4.79 Å². The number of nitrogens with zero attached hydrogens (tertiary/aromatic N) is 4. The first-order chi connectivity index (χ1) is 9.78. The molecule has 6 nitrogen and oxygen atoms in total. The van der Waals surface area contributed by atoms with Crippen LogP contribution in [0.15, 0.2) is 12.7 Å². The summed E-state index contributed by atoms with van der Waals surface area (Å²) in [6, 6.07) is 0. The average molecular weight is 278 g/mol. The minimum atomic E-state index is 0.275. The number of carbonyl (C=O) groups is 1. The van der Waals surface area contributed by atoms with Crippen LogP contribution in [-0.2, 0) is 16.1 Å². The van der Waals surface area contributed by atoms with Gasteiger partial charge in [-0.3, -0.25) is 9.48 Å². The summed E-state index contributed by atoms with van der Waals surface area (Å²) in [4.78, 5) is 18.2. The third kappa shape index (κ3) is 2.70. The van der Waals surface area contributed by atoms with Gasteiger partial charge in [-0.2, -0.15) is 5.10 Å². The maximum absolute atomic E-state index is 12.3. The van der Waals surface area contributed by atoms with Gasteiger partial charge < -0.3 is 9.64 Å². The summed E-state index contributed by atoms with van der Waals surface area (Å²) in [5, 5.41) is 4.04. The number of aromatic nitrogens is 3. The van der Waals surface area contributed by atoms with Crippen molar-refractivity contribution in [2.75, 3.05) is 20.2 Å². The van der Waals surface area contributed by atoms with Gasteiger partial charge in [0.1, 0.15) is 12.7 Å². The molecule has 1 aliphatic carbocycles. The molecule has 3 atom stereocenters. The molecule has 0 aromatic carbocycles. The molecule has 0 radical (unpaired) electrons. The first-order valence-corrected chi connectivity index (χ1v) is 7.41. The smallest absolute Gasteiger partial charge is 0.222 e. The van der Waals surface area contributed by atoms with E-state index in [1.807, 2.05) is 4.90 Å². The Kier molecular flexibility index (Phi) is 4.00. The zero-order chi connectivity index (χ0) is 13.9. The molecule has 0 N–H and O–H groups in total. The molecule has 2 aliphatic rings. The standard InChI is InChI=1S/C14H22N4O2/c1-20-14-11-4-5-12(14)8-17(7-11)13(19)3-2-6-18-10-15-9-16-18/h9-12,14H,2-8H2,1H3/t11-,12+,14?. The second-order valence-corrected chi connectivity index (χ2v) is 5.86. The molecule has 20 heavy (non-hydrogen) atoms. The van der Waals surface area contributed by atoms with Gasteiger partial charge in [0.25, 0.3) is 0 Å². The zero-order valence-corrected chi connectivity index (χ0v) is 11.9. The Morgan fingerprint density at radius 2 is 2.10 bits per heavy atom. The van der Waals surface area contributed by atoms with Crippen LogP contribution in [0.3, 0.4) is 0 Å². The first kappa shape index (κ1) is 13.5. The van der Waals surface area contributed by atoms with Crippen molar-refractivity contribution in [2.45, 2.75) is 38.3 Å². The highest BCUT2D eigenvalue weighted by atomic mass is 16.5. The van der Waals surface area contributed by atoms with Crippen LogP contribution in [0.4, 0.5) is 0 Å². The molecular formula is C14H22N4O2. The van der Waals surface area contributed by atoms with E-state index in [0.29, 0.717) is 24.4 Å². The van der Waals surface area contributed by atoms with Gasteiger partial charge in [-0.15, -0.1) is 0 Å². The van der Waals surface area contributed by atoms with E-state index in [4.69, 9.17) is 4.74 Å². The van der Waals surface area contributed by atoms with Crippen molar-refractivity contribution in [1.82, 2.24) is 19.7 Å². The summed E-state index contributed by atoms with van der Waals surface area (Å²) in [7, 11) is 1.80. The van der Waals surface area contributed by atoms with Gasteiger partial charge in [0.05, 0.1) is 6.10 Å². The van der Waals surface area contributed by atoms with E-state index in [1.165, 1.54) is 19.2 Å². The normalized spacial score (nSPS) is 28.9. The van der Waals surface area contributed by atoms with E-state index in [1.54, 1.807) is 18.1 Å². The van der Waals surface area contributed by atoms with E-state index in [-0.39, 0.29) is 5.91 Å². The number of amides is 1. The van der Waals surface area contributed by atoms with Crippen LogP contribution in [0.25, 0.3) is 0 Å². The third-order valence-electron chi connectivity index (χ3n) is 4.62. The molecule has 2 bridgehead atoms. The number of methoxy groups -OCH3 is 1. The van der Waals surface area contributed by atoms with Gasteiger partial charge in [0.15, 0.2) is 0 Å². The lowest BCUT2D eigenvalue weighted by Gasteiger charge is -2.37. The molecule has 1 unspecified atom stereocenters. The monoisotopic (exact) mass is 278 g/mol. The lowest BCUT2D eigenvalue weighted by atomic mass is 9.94. The summed E-state index contributed by atoms with van der Waals surface area (Å²) in [6.07, 6.45) is 7.40. The van der Waals surface area contributed by atoms with Crippen molar-refractivity contribution in [3.8, 4) is 0 Å². The molecule has 0 spiro atoms. The summed E-state index contributed by atoms with van der Waals surface area (Å²) in [5.41, 5.74) is 0. The first-order valence-electron chi connectivity index (χ1n) is 7.41. The van der Waals surface area contributed by atoms with Gasteiger partial charge in [0.2, 0.25) is 5.91 Å². The van der Waals surface area contributed by atoms with E-state index < -0.39 is 0 Å².